The third kappa shape index (κ3) is 1.41. The van der Waals surface area contributed by atoms with Gasteiger partial charge in [0.2, 0.25) is 0 Å². The number of halogens is 3. The Labute approximate surface area is 56.3 Å². The van der Waals surface area contributed by atoms with Crippen molar-refractivity contribution < 1.29 is 13.2 Å². The molecule has 0 spiro atoms. The van der Waals surface area contributed by atoms with Gasteiger partial charge in [-0.05, 0) is 0 Å². The SMILES string of the molecule is CN1CC(C(F)(F)F)=[C]N1. The van der Waals surface area contributed by atoms with Crippen molar-refractivity contribution in [3.8, 4) is 0 Å². The van der Waals surface area contributed by atoms with E-state index in [4.69, 9.17) is 0 Å². The van der Waals surface area contributed by atoms with Crippen LogP contribution in [0.1, 0.15) is 0 Å². The van der Waals surface area contributed by atoms with Crippen molar-refractivity contribution in [2.24, 2.45) is 0 Å². The highest BCUT2D eigenvalue weighted by atomic mass is 19.4. The Bertz CT molecular complexity index is 161. The average molecular weight is 151 g/mol. The first-order valence-electron chi connectivity index (χ1n) is 2.66. The van der Waals surface area contributed by atoms with E-state index in [2.05, 4.69) is 5.43 Å². The van der Waals surface area contributed by atoms with Gasteiger partial charge in [-0.1, -0.05) is 0 Å². The second-order valence-corrected chi connectivity index (χ2v) is 2.07. The fourth-order valence-corrected chi connectivity index (χ4v) is 0.640. The lowest BCUT2D eigenvalue weighted by molar-refractivity contribution is -0.0936. The monoisotopic (exact) mass is 151 g/mol. The molecule has 1 aliphatic heterocycles. The van der Waals surface area contributed by atoms with Crippen molar-refractivity contribution in [1.29, 1.82) is 0 Å². The summed E-state index contributed by atoms with van der Waals surface area (Å²) in [7, 11) is 1.52. The summed E-state index contributed by atoms with van der Waals surface area (Å²) in [6.45, 7) is -0.135. The molecule has 0 unspecified atom stereocenters. The molecule has 2 nitrogen and oxygen atoms in total. The Morgan fingerprint density at radius 3 is 2.40 bits per heavy atom. The largest absolute Gasteiger partial charge is 0.416 e. The zero-order valence-electron chi connectivity index (χ0n) is 5.29. The van der Waals surface area contributed by atoms with Crippen LogP contribution in [0.2, 0.25) is 0 Å². The summed E-state index contributed by atoms with van der Waals surface area (Å²) in [5.41, 5.74) is 1.64. The molecule has 0 aliphatic carbocycles. The van der Waals surface area contributed by atoms with Crippen molar-refractivity contribution in [2.45, 2.75) is 6.18 Å². The average Bonchev–Trinajstić information content (AvgIpc) is 2.11. The Hall–Kier alpha value is -0.710. The third-order valence-corrected chi connectivity index (χ3v) is 1.14. The molecule has 10 heavy (non-hydrogen) atoms. The summed E-state index contributed by atoms with van der Waals surface area (Å²) in [5, 5.41) is 1.31. The molecular weight excluding hydrogens is 145 g/mol. The van der Waals surface area contributed by atoms with E-state index in [9.17, 15) is 13.2 Å². The second kappa shape index (κ2) is 2.16. The van der Waals surface area contributed by atoms with Crippen molar-refractivity contribution in [3.05, 3.63) is 11.8 Å². The van der Waals surface area contributed by atoms with E-state index in [-0.39, 0.29) is 6.54 Å². The van der Waals surface area contributed by atoms with Gasteiger partial charge >= 0.3 is 6.18 Å². The fourth-order valence-electron chi connectivity index (χ4n) is 0.640. The van der Waals surface area contributed by atoms with Crippen molar-refractivity contribution in [1.82, 2.24) is 10.4 Å². The lowest BCUT2D eigenvalue weighted by Gasteiger charge is -2.08. The van der Waals surface area contributed by atoms with Gasteiger partial charge in [0, 0.05) is 13.6 Å². The van der Waals surface area contributed by atoms with Crippen molar-refractivity contribution in [2.75, 3.05) is 13.6 Å². The minimum absolute atomic E-state index is 0.135. The highest BCUT2D eigenvalue weighted by Crippen LogP contribution is 2.26. The molecule has 0 atom stereocenters. The van der Waals surface area contributed by atoms with Crippen molar-refractivity contribution in [3.63, 3.8) is 0 Å². The predicted molar refractivity (Wildman–Crippen MR) is 28.6 cm³/mol. The molecule has 0 aromatic heterocycles. The number of likely N-dealkylation sites (N-methyl/N-ethyl adjacent to an activating group) is 1. The number of nitrogens with zero attached hydrogens (tertiary/aromatic N) is 1. The van der Waals surface area contributed by atoms with E-state index in [1.165, 1.54) is 12.1 Å². The van der Waals surface area contributed by atoms with Crippen LogP contribution in [0.5, 0.6) is 0 Å². The minimum atomic E-state index is -4.24. The van der Waals surface area contributed by atoms with E-state index >= 15 is 0 Å². The van der Waals surface area contributed by atoms with Crippen LogP contribution in [0.25, 0.3) is 0 Å². The Morgan fingerprint density at radius 2 is 2.20 bits per heavy atom. The molecule has 57 valence electrons. The zero-order chi connectivity index (χ0) is 7.78. The summed E-state index contributed by atoms with van der Waals surface area (Å²) in [5.74, 6) is 0. The van der Waals surface area contributed by atoms with Gasteiger partial charge in [-0.25, -0.2) is 5.01 Å². The number of hydrogen-bond acceptors (Lipinski definition) is 2. The van der Waals surface area contributed by atoms with Crippen molar-refractivity contribution >= 4 is 0 Å². The van der Waals surface area contributed by atoms with Gasteiger partial charge in [-0.15, -0.1) is 0 Å². The van der Waals surface area contributed by atoms with E-state index in [0.717, 1.165) is 0 Å². The molecule has 0 saturated heterocycles. The standard InChI is InChI=1S/C5H6F3N2/c1-10-3-4(2-9-10)5(6,7)8/h9H,3H2,1H3. The summed E-state index contributed by atoms with van der Waals surface area (Å²) < 4.78 is 35.3. The Morgan fingerprint density at radius 1 is 1.60 bits per heavy atom. The lowest BCUT2D eigenvalue weighted by Crippen LogP contribution is -2.26. The van der Waals surface area contributed by atoms with Crippen LogP contribution >= 0.6 is 0 Å². The first-order chi connectivity index (χ1) is 4.50. The maximum Gasteiger partial charge on any atom is 0.416 e. The number of nitrogens with one attached hydrogen (secondary N) is 1. The molecule has 1 N–H and O–H groups in total. The van der Waals surface area contributed by atoms with Gasteiger partial charge in [-0.3, -0.25) is 0 Å². The van der Waals surface area contributed by atoms with E-state index in [1.54, 1.807) is 0 Å². The maximum atomic E-state index is 11.8. The quantitative estimate of drug-likeness (QED) is 0.547. The number of hydrogen-bond donors (Lipinski definition) is 1. The molecule has 5 heteroatoms. The summed E-state index contributed by atoms with van der Waals surface area (Å²) in [6, 6.07) is 0. The first-order valence-corrected chi connectivity index (χ1v) is 2.66. The summed E-state index contributed by atoms with van der Waals surface area (Å²) in [4.78, 5) is 0. The molecule has 0 amide bonds. The van der Waals surface area contributed by atoms with Crippen LogP contribution in [0.15, 0.2) is 5.57 Å². The molecule has 0 saturated carbocycles. The van der Waals surface area contributed by atoms with Crippen LogP contribution in [0.4, 0.5) is 13.2 Å². The highest BCUT2D eigenvalue weighted by molar-refractivity contribution is 5.09. The first kappa shape index (κ1) is 7.40. The third-order valence-electron chi connectivity index (χ3n) is 1.14. The predicted octanol–water partition coefficient (Wildman–Crippen LogP) is 0.686. The van der Waals surface area contributed by atoms with E-state index < -0.39 is 11.7 Å². The second-order valence-electron chi connectivity index (χ2n) is 2.07. The molecule has 0 bridgehead atoms. The summed E-state index contributed by atoms with van der Waals surface area (Å²) in [6.07, 6.45) is -2.22. The molecule has 0 aromatic rings. The van der Waals surface area contributed by atoms with Gasteiger partial charge in [-0.2, -0.15) is 13.2 Å². The zero-order valence-corrected chi connectivity index (χ0v) is 5.29. The Kier molecular flexibility index (Phi) is 1.60. The van der Waals surface area contributed by atoms with E-state index in [0.29, 0.717) is 0 Å². The maximum absolute atomic E-state index is 11.8. The van der Waals surface area contributed by atoms with Crippen LogP contribution in [0.3, 0.4) is 0 Å². The van der Waals surface area contributed by atoms with Crippen LogP contribution in [0, 0.1) is 6.20 Å². The van der Waals surface area contributed by atoms with E-state index in [1.807, 2.05) is 6.20 Å². The molecular formula is C5H6F3N2. The summed E-state index contributed by atoms with van der Waals surface area (Å²) >= 11 is 0. The van der Waals surface area contributed by atoms with Gasteiger partial charge in [0.1, 0.15) is 0 Å². The Balaban J connectivity index is 2.60. The number of alkyl halides is 3. The van der Waals surface area contributed by atoms with Crippen LogP contribution in [-0.4, -0.2) is 24.8 Å². The topological polar surface area (TPSA) is 15.3 Å². The van der Waals surface area contributed by atoms with Gasteiger partial charge in [0.15, 0.2) is 0 Å². The smallest absolute Gasteiger partial charge is 0.316 e. The number of hydrazine groups is 1. The minimum Gasteiger partial charge on any atom is -0.316 e. The molecule has 1 aliphatic rings. The molecule has 1 rings (SSSR count). The highest BCUT2D eigenvalue weighted by Gasteiger charge is 2.36. The van der Waals surface area contributed by atoms with Crippen LogP contribution in [-0.2, 0) is 0 Å². The van der Waals surface area contributed by atoms with Gasteiger partial charge in [0.25, 0.3) is 0 Å². The normalized spacial score (nSPS) is 20.6. The number of rotatable bonds is 0. The molecule has 1 radical (unpaired) electrons. The molecule has 0 aromatic carbocycles. The van der Waals surface area contributed by atoms with Gasteiger partial charge in [0.05, 0.1) is 11.8 Å². The van der Waals surface area contributed by atoms with Crippen LogP contribution < -0.4 is 5.43 Å². The molecule has 1 heterocycles. The lowest BCUT2D eigenvalue weighted by atomic mass is 10.3. The molecule has 0 fully saturated rings. The van der Waals surface area contributed by atoms with Gasteiger partial charge < -0.3 is 5.43 Å². The fraction of sp³-hybridized carbons (Fsp3) is 0.600.